The van der Waals surface area contributed by atoms with E-state index < -0.39 is 7.82 Å². The highest BCUT2D eigenvalue weighted by Gasteiger charge is 2.12. The van der Waals surface area contributed by atoms with Crippen LogP contribution in [-0.4, -0.2) is 21.9 Å². The Balaban J connectivity index is 0. The molecular weight excluding hydrogens is 445 g/mol. The summed E-state index contributed by atoms with van der Waals surface area (Å²) in [5, 5.41) is 0. The molecule has 0 amide bonds. The lowest BCUT2D eigenvalue weighted by Gasteiger charge is -2.17. The number of unbranched alkanes of at least 4 members (excludes halogenated alkanes) is 19. The van der Waals surface area contributed by atoms with Crippen LogP contribution in [0.1, 0.15) is 169 Å². The molecule has 0 aliphatic carbocycles. The summed E-state index contributed by atoms with van der Waals surface area (Å²) in [6, 6.07) is 0. The van der Waals surface area contributed by atoms with E-state index in [1.807, 2.05) is 0 Å². The first-order chi connectivity index (χ1) is 16.1. The minimum Gasteiger partial charge on any atom is -0.326 e. The van der Waals surface area contributed by atoms with Gasteiger partial charge in [-0.1, -0.05) is 142 Å². The van der Waals surface area contributed by atoms with Crippen LogP contribution < -0.4 is 5.73 Å². The van der Waals surface area contributed by atoms with Crippen molar-refractivity contribution in [2.24, 2.45) is 5.73 Å². The molecule has 0 aromatic carbocycles. The summed E-state index contributed by atoms with van der Waals surface area (Å²) < 4.78 is 14.8. The van der Waals surface area contributed by atoms with Gasteiger partial charge in [0.25, 0.3) is 0 Å². The topological polar surface area (TPSA) is 92.8 Å². The number of phosphoric acid groups is 1. The largest absolute Gasteiger partial charge is 0.469 e. The Morgan fingerprint density at radius 2 is 0.882 bits per heavy atom. The fraction of sp³-hybridized carbons (Fsp3) is 1.00. The number of hydrogen-bond acceptors (Lipinski definition) is 3. The van der Waals surface area contributed by atoms with Crippen molar-refractivity contribution in [3.8, 4) is 0 Å². The van der Waals surface area contributed by atoms with E-state index in [-0.39, 0.29) is 12.1 Å². The van der Waals surface area contributed by atoms with Crippen LogP contribution in [0.5, 0.6) is 0 Å². The van der Waals surface area contributed by atoms with E-state index in [2.05, 4.69) is 32.2 Å². The third kappa shape index (κ3) is 39.3. The quantitative estimate of drug-likeness (QED) is 0.0893. The van der Waals surface area contributed by atoms with Gasteiger partial charge in [-0.15, -0.1) is 0 Å². The first kappa shape index (κ1) is 36.2. The van der Waals surface area contributed by atoms with Gasteiger partial charge in [0.2, 0.25) is 0 Å². The summed E-state index contributed by atoms with van der Waals surface area (Å²) in [6.45, 7) is 8.93. The molecule has 0 spiro atoms. The number of phosphoric ester groups is 1. The van der Waals surface area contributed by atoms with Gasteiger partial charge in [0.05, 0.1) is 6.61 Å². The molecule has 0 saturated carbocycles. The summed E-state index contributed by atoms with van der Waals surface area (Å²) >= 11 is 0. The molecule has 34 heavy (non-hydrogen) atoms. The van der Waals surface area contributed by atoms with E-state index in [0.717, 1.165) is 19.3 Å². The van der Waals surface area contributed by atoms with Crippen molar-refractivity contribution in [2.75, 3.05) is 6.61 Å². The Morgan fingerprint density at radius 1 is 0.588 bits per heavy atom. The van der Waals surface area contributed by atoms with Crippen LogP contribution in [0.15, 0.2) is 0 Å². The van der Waals surface area contributed by atoms with Crippen molar-refractivity contribution in [1.82, 2.24) is 0 Å². The van der Waals surface area contributed by atoms with Gasteiger partial charge in [-0.25, -0.2) is 4.57 Å². The summed E-state index contributed by atoms with van der Waals surface area (Å²) in [6.07, 6.45) is 28.6. The predicted molar refractivity (Wildman–Crippen MR) is 149 cm³/mol. The summed E-state index contributed by atoms with van der Waals surface area (Å²) in [7, 11) is -4.25. The second kappa shape index (κ2) is 26.1. The first-order valence-corrected chi connectivity index (χ1v) is 16.1. The average molecular weight is 508 g/mol. The SMILES string of the molecule is CCCCCCCCCCCC(C)(C)N.CCCCCCCCCCCCCCOP(=O)(O)O. The van der Waals surface area contributed by atoms with E-state index in [4.69, 9.17) is 15.5 Å². The van der Waals surface area contributed by atoms with Crippen molar-refractivity contribution in [1.29, 1.82) is 0 Å². The smallest absolute Gasteiger partial charge is 0.326 e. The van der Waals surface area contributed by atoms with E-state index in [1.165, 1.54) is 122 Å². The highest BCUT2D eigenvalue weighted by molar-refractivity contribution is 7.46. The molecule has 0 aliphatic rings. The molecule has 0 aromatic rings. The monoisotopic (exact) mass is 507 g/mol. The van der Waals surface area contributed by atoms with Crippen molar-refractivity contribution >= 4 is 7.82 Å². The fourth-order valence-electron chi connectivity index (χ4n) is 4.02. The molecule has 0 unspecified atom stereocenters. The standard InChI is InChI=1S/C14H31N.C14H31O4P/c1-4-5-6-7-8-9-10-11-12-13-14(2,3)15;1-2-3-4-5-6-7-8-9-10-11-12-13-14-18-19(15,16)17/h4-13,15H2,1-3H3;2-14H2,1H3,(H2,15,16,17). The van der Waals surface area contributed by atoms with E-state index in [9.17, 15) is 4.57 Å². The fourth-order valence-corrected chi connectivity index (χ4v) is 4.38. The van der Waals surface area contributed by atoms with Crippen LogP contribution in [0.25, 0.3) is 0 Å². The van der Waals surface area contributed by atoms with Gasteiger partial charge in [-0.3, -0.25) is 4.52 Å². The molecule has 6 heteroatoms. The third-order valence-corrected chi connectivity index (χ3v) is 6.70. The predicted octanol–water partition coefficient (Wildman–Crippen LogP) is 9.44. The van der Waals surface area contributed by atoms with Crippen LogP contribution in [0, 0.1) is 0 Å². The van der Waals surface area contributed by atoms with Gasteiger partial charge < -0.3 is 15.5 Å². The second-order valence-corrected chi connectivity index (χ2v) is 12.0. The van der Waals surface area contributed by atoms with Crippen LogP contribution in [0.4, 0.5) is 0 Å². The zero-order valence-corrected chi connectivity index (χ0v) is 24.4. The minimum absolute atomic E-state index is 0.0428. The van der Waals surface area contributed by atoms with E-state index in [0.29, 0.717) is 0 Å². The Hall–Kier alpha value is 0.0700. The molecule has 0 fully saturated rings. The van der Waals surface area contributed by atoms with Gasteiger partial charge >= 0.3 is 7.82 Å². The summed E-state index contributed by atoms with van der Waals surface area (Å²) in [4.78, 5) is 17.0. The Kier molecular flexibility index (Phi) is 27.9. The average Bonchev–Trinajstić information content (AvgIpc) is 2.75. The molecule has 208 valence electrons. The lowest BCUT2D eigenvalue weighted by molar-refractivity contribution is 0.193. The molecule has 0 atom stereocenters. The lowest BCUT2D eigenvalue weighted by Crippen LogP contribution is -2.31. The van der Waals surface area contributed by atoms with Gasteiger partial charge in [0.1, 0.15) is 0 Å². The molecule has 0 aliphatic heterocycles. The summed E-state index contributed by atoms with van der Waals surface area (Å²) in [5.41, 5.74) is 5.97. The molecule has 5 nitrogen and oxygen atoms in total. The maximum absolute atomic E-state index is 10.4. The zero-order valence-electron chi connectivity index (χ0n) is 23.5. The van der Waals surface area contributed by atoms with Gasteiger partial charge in [0.15, 0.2) is 0 Å². The maximum atomic E-state index is 10.4. The highest BCUT2D eigenvalue weighted by Crippen LogP contribution is 2.35. The minimum atomic E-state index is -4.25. The molecule has 0 radical (unpaired) electrons. The number of nitrogens with two attached hydrogens (primary N) is 1. The van der Waals surface area contributed by atoms with Crippen LogP contribution in [0.2, 0.25) is 0 Å². The van der Waals surface area contributed by atoms with Crippen molar-refractivity contribution in [2.45, 2.75) is 174 Å². The van der Waals surface area contributed by atoms with Gasteiger partial charge in [0, 0.05) is 5.54 Å². The third-order valence-electron chi connectivity index (χ3n) is 6.18. The van der Waals surface area contributed by atoms with Crippen LogP contribution in [0.3, 0.4) is 0 Å². The van der Waals surface area contributed by atoms with Crippen molar-refractivity contribution in [3.63, 3.8) is 0 Å². The molecule has 0 bridgehead atoms. The van der Waals surface area contributed by atoms with E-state index >= 15 is 0 Å². The molecular formula is C28H62NO4P. The maximum Gasteiger partial charge on any atom is 0.469 e. The highest BCUT2D eigenvalue weighted by atomic mass is 31.2. The molecule has 0 rings (SSSR count). The number of hydrogen-bond donors (Lipinski definition) is 3. The normalized spacial score (nSPS) is 12.0. The first-order valence-electron chi connectivity index (χ1n) is 14.6. The molecule has 0 aromatic heterocycles. The van der Waals surface area contributed by atoms with Gasteiger partial charge in [-0.05, 0) is 26.7 Å². The van der Waals surface area contributed by atoms with Gasteiger partial charge in [-0.2, -0.15) is 0 Å². The Morgan fingerprint density at radius 3 is 1.18 bits per heavy atom. The van der Waals surface area contributed by atoms with Crippen molar-refractivity contribution in [3.05, 3.63) is 0 Å². The molecule has 4 N–H and O–H groups in total. The zero-order chi connectivity index (χ0) is 26.0. The lowest BCUT2D eigenvalue weighted by atomic mass is 9.97. The second-order valence-electron chi connectivity index (χ2n) is 10.8. The number of rotatable bonds is 24. The van der Waals surface area contributed by atoms with Crippen LogP contribution in [-0.2, 0) is 9.09 Å². The molecule has 0 heterocycles. The Labute approximate surface area is 213 Å². The van der Waals surface area contributed by atoms with Crippen molar-refractivity contribution < 1.29 is 18.9 Å². The summed E-state index contributed by atoms with van der Waals surface area (Å²) in [5.74, 6) is 0. The van der Waals surface area contributed by atoms with Crippen LogP contribution >= 0.6 is 7.82 Å². The molecule has 0 saturated heterocycles. The Bertz CT molecular complexity index is 435. The van der Waals surface area contributed by atoms with E-state index in [1.54, 1.807) is 0 Å².